The highest BCUT2D eigenvalue weighted by atomic mass is 32.1. The van der Waals surface area contributed by atoms with Crippen molar-refractivity contribution in [2.75, 3.05) is 6.61 Å². The highest BCUT2D eigenvalue weighted by Gasteiger charge is 2.33. The van der Waals surface area contributed by atoms with Crippen LogP contribution in [0.2, 0.25) is 0 Å². The van der Waals surface area contributed by atoms with Gasteiger partial charge >= 0.3 is 6.18 Å². The monoisotopic (exact) mass is 346 g/mol. The standard InChI is InChI=1S/C14H13F3N2O3S/c1-7(8-4-11(23-6-8)14(15,16)17)18-13(20)12-9-5-21-3-2-10(9)22-19-12/h4,6-7H,2-3,5H2,1H3,(H,18,20). The van der Waals surface area contributed by atoms with Crippen molar-refractivity contribution in [3.63, 3.8) is 0 Å². The molecule has 1 aliphatic heterocycles. The van der Waals surface area contributed by atoms with E-state index in [1.807, 2.05) is 0 Å². The number of hydrogen-bond donors (Lipinski definition) is 1. The van der Waals surface area contributed by atoms with Gasteiger partial charge in [0.05, 0.1) is 24.8 Å². The van der Waals surface area contributed by atoms with Crippen LogP contribution in [0, 0.1) is 0 Å². The summed E-state index contributed by atoms with van der Waals surface area (Å²) in [6.45, 7) is 2.37. The number of thiophene rings is 1. The van der Waals surface area contributed by atoms with E-state index in [0.717, 1.165) is 6.07 Å². The molecular weight excluding hydrogens is 333 g/mol. The van der Waals surface area contributed by atoms with Crippen molar-refractivity contribution in [1.82, 2.24) is 10.5 Å². The predicted octanol–water partition coefficient (Wildman–Crippen LogP) is 3.32. The average Bonchev–Trinajstić information content (AvgIpc) is 3.14. The van der Waals surface area contributed by atoms with Crippen LogP contribution in [0.1, 0.15) is 45.2 Å². The van der Waals surface area contributed by atoms with Gasteiger partial charge in [-0.2, -0.15) is 13.2 Å². The first-order valence-electron chi connectivity index (χ1n) is 6.88. The van der Waals surface area contributed by atoms with E-state index in [4.69, 9.17) is 9.26 Å². The molecule has 3 heterocycles. The second kappa shape index (κ2) is 5.97. The summed E-state index contributed by atoms with van der Waals surface area (Å²) in [7, 11) is 0. The van der Waals surface area contributed by atoms with Crippen LogP contribution in [0.5, 0.6) is 0 Å². The highest BCUT2D eigenvalue weighted by molar-refractivity contribution is 7.10. The van der Waals surface area contributed by atoms with Crippen LogP contribution in [0.25, 0.3) is 0 Å². The molecule has 0 aromatic carbocycles. The SMILES string of the molecule is CC(NC(=O)c1noc2c1COCC2)c1csc(C(F)(F)F)c1. The number of carbonyl (C=O) groups is 1. The van der Waals surface area contributed by atoms with E-state index in [1.165, 1.54) is 5.38 Å². The third-order valence-electron chi connectivity index (χ3n) is 3.55. The molecule has 1 amide bonds. The Morgan fingerprint density at radius 3 is 2.96 bits per heavy atom. The molecule has 2 aromatic rings. The van der Waals surface area contributed by atoms with Crippen molar-refractivity contribution in [3.8, 4) is 0 Å². The molecule has 0 radical (unpaired) electrons. The predicted molar refractivity (Wildman–Crippen MR) is 75.1 cm³/mol. The molecule has 0 bridgehead atoms. The largest absolute Gasteiger partial charge is 0.425 e. The number of halogens is 3. The molecule has 1 N–H and O–H groups in total. The number of alkyl halides is 3. The lowest BCUT2D eigenvalue weighted by molar-refractivity contribution is -0.134. The number of ether oxygens (including phenoxy) is 1. The van der Waals surface area contributed by atoms with Crippen LogP contribution in [0.15, 0.2) is 16.0 Å². The molecule has 0 spiro atoms. The minimum absolute atomic E-state index is 0.123. The Morgan fingerprint density at radius 2 is 2.26 bits per heavy atom. The molecule has 2 aromatic heterocycles. The lowest BCUT2D eigenvalue weighted by atomic mass is 10.1. The van der Waals surface area contributed by atoms with Gasteiger partial charge in [-0.3, -0.25) is 4.79 Å². The topological polar surface area (TPSA) is 64.4 Å². The Balaban J connectivity index is 1.72. The van der Waals surface area contributed by atoms with E-state index < -0.39 is 23.0 Å². The van der Waals surface area contributed by atoms with Gasteiger partial charge in [-0.25, -0.2) is 0 Å². The van der Waals surface area contributed by atoms with E-state index in [2.05, 4.69) is 10.5 Å². The zero-order valence-corrected chi connectivity index (χ0v) is 12.9. The van der Waals surface area contributed by atoms with Crippen LogP contribution < -0.4 is 5.32 Å². The number of amides is 1. The molecule has 1 atom stereocenters. The van der Waals surface area contributed by atoms with Crippen molar-refractivity contribution >= 4 is 17.2 Å². The minimum atomic E-state index is -4.38. The maximum Gasteiger partial charge on any atom is 0.425 e. The number of nitrogens with one attached hydrogen (secondary N) is 1. The molecule has 0 saturated heterocycles. The van der Waals surface area contributed by atoms with Crippen molar-refractivity contribution < 1.29 is 27.2 Å². The first-order chi connectivity index (χ1) is 10.9. The molecule has 3 rings (SSSR count). The molecular formula is C14H13F3N2O3S. The van der Waals surface area contributed by atoms with Gasteiger partial charge in [0.1, 0.15) is 10.6 Å². The summed E-state index contributed by atoms with van der Waals surface area (Å²) in [6, 6.07) is 0.462. The number of fused-ring (bicyclic) bond motifs is 1. The van der Waals surface area contributed by atoms with E-state index in [0.29, 0.717) is 41.3 Å². The van der Waals surface area contributed by atoms with Gasteiger partial charge < -0.3 is 14.6 Å². The van der Waals surface area contributed by atoms with E-state index >= 15 is 0 Å². The maximum absolute atomic E-state index is 12.6. The van der Waals surface area contributed by atoms with Crippen molar-refractivity contribution in [2.24, 2.45) is 0 Å². The lowest BCUT2D eigenvalue weighted by Gasteiger charge is -2.13. The number of rotatable bonds is 3. The average molecular weight is 346 g/mol. The molecule has 1 unspecified atom stereocenters. The van der Waals surface area contributed by atoms with Crippen LogP contribution in [0.3, 0.4) is 0 Å². The van der Waals surface area contributed by atoms with Crippen LogP contribution in [-0.4, -0.2) is 17.7 Å². The van der Waals surface area contributed by atoms with Crippen LogP contribution in [0.4, 0.5) is 13.2 Å². The first-order valence-corrected chi connectivity index (χ1v) is 7.76. The molecule has 9 heteroatoms. The van der Waals surface area contributed by atoms with Crippen molar-refractivity contribution in [3.05, 3.63) is 38.9 Å². The quantitative estimate of drug-likeness (QED) is 0.926. The molecule has 0 saturated carbocycles. The second-order valence-electron chi connectivity index (χ2n) is 5.17. The third kappa shape index (κ3) is 3.25. The van der Waals surface area contributed by atoms with Gasteiger partial charge in [-0.1, -0.05) is 5.16 Å². The van der Waals surface area contributed by atoms with E-state index in [9.17, 15) is 18.0 Å². The fourth-order valence-corrected chi connectivity index (χ4v) is 3.15. The Labute approximate surface area is 133 Å². The first kappa shape index (κ1) is 16.0. The van der Waals surface area contributed by atoms with Gasteiger partial charge in [0.25, 0.3) is 5.91 Å². The summed E-state index contributed by atoms with van der Waals surface area (Å²) in [5.74, 6) is 0.122. The zero-order valence-electron chi connectivity index (χ0n) is 12.1. The fourth-order valence-electron chi connectivity index (χ4n) is 2.28. The summed E-state index contributed by atoms with van der Waals surface area (Å²) in [5, 5.41) is 7.76. The van der Waals surface area contributed by atoms with E-state index in [-0.39, 0.29) is 12.3 Å². The molecule has 124 valence electrons. The Bertz CT molecular complexity index is 723. The molecule has 23 heavy (non-hydrogen) atoms. The van der Waals surface area contributed by atoms with Crippen molar-refractivity contribution in [2.45, 2.75) is 32.2 Å². The molecule has 0 fully saturated rings. The van der Waals surface area contributed by atoms with Gasteiger partial charge in [0.15, 0.2) is 5.69 Å². The summed E-state index contributed by atoms with van der Waals surface area (Å²) in [5.41, 5.74) is 1.12. The zero-order chi connectivity index (χ0) is 16.6. The highest BCUT2D eigenvalue weighted by Crippen LogP contribution is 2.35. The van der Waals surface area contributed by atoms with Crippen molar-refractivity contribution in [1.29, 1.82) is 0 Å². The third-order valence-corrected chi connectivity index (χ3v) is 4.54. The molecule has 5 nitrogen and oxygen atoms in total. The van der Waals surface area contributed by atoms with Gasteiger partial charge in [-0.05, 0) is 23.9 Å². The fraction of sp³-hybridized carbons (Fsp3) is 0.429. The number of carbonyl (C=O) groups excluding carboxylic acids is 1. The molecule has 1 aliphatic rings. The Morgan fingerprint density at radius 1 is 1.48 bits per heavy atom. The summed E-state index contributed by atoms with van der Waals surface area (Å²) in [6.07, 6.45) is -3.83. The van der Waals surface area contributed by atoms with Gasteiger partial charge in [0, 0.05) is 6.42 Å². The maximum atomic E-state index is 12.6. The second-order valence-corrected chi connectivity index (χ2v) is 6.08. The number of nitrogens with zero attached hydrogens (tertiary/aromatic N) is 1. The smallest absolute Gasteiger partial charge is 0.376 e. The lowest BCUT2D eigenvalue weighted by Crippen LogP contribution is -2.28. The van der Waals surface area contributed by atoms with Gasteiger partial charge in [-0.15, -0.1) is 11.3 Å². The Hall–Kier alpha value is -1.87. The Kier molecular flexibility index (Phi) is 4.15. The van der Waals surface area contributed by atoms with Crippen LogP contribution >= 0.6 is 11.3 Å². The summed E-state index contributed by atoms with van der Waals surface area (Å²) < 4.78 is 48.3. The summed E-state index contributed by atoms with van der Waals surface area (Å²) >= 11 is 0.602. The summed E-state index contributed by atoms with van der Waals surface area (Å²) in [4.78, 5) is 11.6. The number of hydrogen-bond acceptors (Lipinski definition) is 5. The van der Waals surface area contributed by atoms with Gasteiger partial charge in [0.2, 0.25) is 0 Å². The number of aromatic nitrogens is 1. The van der Waals surface area contributed by atoms with Crippen LogP contribution in [-0.2, 0) is 23.9 Å². The normalized spacial score (nSPS) is 16.0. The minimum Gasteiger partial charge on any atom is -0.376 e. The molecule has 0 aliphatic carbocycles. The van der Waals surface area contributed by atoms with E-state index in [1.54, 1.807) is 6.92 Å².